The summed E-state index contributed by atoms with van der Waals surface area (Å²) in [5.41, 5.74) is 5.99. The van der Waals surface area contributed by atoms with Crippen LogP contribution >= 0.6 is 0 Å². The molecule has 2 N–H and O–H groups in total. The van der Waals surface area contributed by atoms with Crippen LogP contribution in [0.15, 0.2) is 71.6 Å². The maximum absolute atomic E-state index is 12.6. The second kappa shape index (κ2) is 7.22. The lowest BCUT2D eigenvalue weighted by Gasteiger charge is -2.09. The Hall–Kier alpha value is -2.96. The van der Waals surface area contributed by atoms with Crippen LogP contribution in [0.25, 0.3) is 11.1 Å². The maximum atomic E-state index is 12.6. The topological polar surface area (TPSA) is 75.3 Å². The molecule has 0 radical (unpaired) electrons. The zero-order valence-corrected chi connectivity index (χ0v) is 16.2. The first-order chi connectivity index (χ1) is 13.5. The summed E-state index contributed by atoms with van der Waals surface area (Å²) in [7, 11) is -3.53. The normalized spacial score (nSPS) is 12.3. The van der Waals surface area contributed by atoms with Gasteiger partial charge in [-0.3, -0.25) is 4.79 Å². The van der Waals surface area contributed by atoms with E-state index in [1.807, 2.05) is 30.3 Å². The number of anilines is 1. The van der Waals surface area contributed by atoms with Crippen molar-refractivity contribution in [1.82, 2.24) is 4.72 Å². The van der Waals surface area contributed by atoms with Crippen LogP contribution in [0.5, 0.6) is 0 Å². The Morgan fingerprint density at radius 1 is 0.929 bits per heavy atom. The fourth-order valence-electron chi connectivity index (χ4n) is 3.46. The molecule has 0 aromatic heterocycles. The highest BCUT2D eigenvalue weighted by Gasteiger charge is 2.19. The zero-order chi connectivity index (χ0) is 19.7. The van der Waals surface area contributed by atoms with Crippen LogP contribution in [0.2, 0.25) is 0 Å². The summed E-state index contributed by atoms with van der Waals surface area (Å²) in [4.78, 5) is 12.7. The molecule has 0 saturated heterocycles. The van der Waals surface area contributed by atoms with E-state index >= 15 is 0 Å². The first-order valence-corrected chi connectivity index (χ1v) is 10.6. The molecule has 0 atom stereocenters. The van der Waals surface area contributed by atoms with E-state index in [1.54, 1.807) is 6.92 Å². The fourth-order valence-corrected chi connectivity index (χ4v) is 4.50. The molecule has 0 aliphatic heterocycles. The summed E-state index contributed by atoms with van der Waals surface area (Å²) in [5, 5.41) is 2.90. The molecule has 3 aromatic rings. The van der Waals surface area contributed by atoms with E-state index in [0.717, 1.165) is 12.0 Å². The van der Waals surface area contributed by atoms with Gasteiger partial charge >= 0.3 is 0 Å². The van der Waals surface area contributed by atoms with Gasteiger partial charge < -0.3 is 5.32 Å². The Labute approximate surface area is 164 Å². The van der Waals surface area contributed by atoms with Crippen LogP contribution in [-0.2, 0) is 16.4 Å². The van der Waals surface area contributed by atoms with Gasteiger partial charge in [-0.2, -0.15) is 0 Å². The number of hydrogen-bond acceptors (Lipinski definition) is 3. The summed E-state index contributed by atoms with van der Waals surface area (Å²) in [6.07, 6.45) is 0.904. The third-order valence-electron chi connectivity index (χ3n) is 4.82. The summed E-state index contributed by atoms with van der Waals surface area (Å²) in [6, 6.07) is 20.1. The predicted molar refractivity (Wildman–Crippen MR) is 110 cm³/mol. The van der Waals surface area contributed by atoms with Gasteiger partial charge in [0.2, 0.25) is 10.0 Å². The van der Waals surface area contributed by atoms with Gasteiger partial charge in [0, 0.05) is 17.8 Å². The average molecular weight is 392 g/mol. The molecule has 0 heterocycles. The van der Waals surface area contributed by atoms with E-state index in [4.69, 9.17) is 0 Å². The van der Waals surface area contributed by atoms with E-state index in [2.05, 4.69) is 22.2 Å². The van der Waals surface area contributed by atoms with Crippen molar-refractivity contribution >= 4 is 21.6 Å². The Balaban J connectivity index is 1.54. The summed E-state index contributed by atoms with van der Waals surface area (Å²) < 4.78 is 26.4. The minimum atomic E-state index is -3.53. The summed E-state index contributed by atoms with van der Waals surface area (Å²) in [6.45, 7) is 2.03. The maximum Gasteiger partial charge on any atom is 0.255 e. The molecular formula is C22H20N2O3S. The SMILES string of the molecule is CCNS(=O)(=O)c1ccc(C(=O)Nc2ccc3c(c2)-c2ccccc2C3)cc1. The molecule has 0 fully saturated rings. The van der Waals surface area contributed by atoms with E-state index in [1.165, 1.54) is 41.0 Å². The second-order valence-corrected chi connectivity index (χ2v) is 8.45. The van der Waals surface area contributed by atoms with Gasteiger partial charge in [0.15, 0.2) is 0 Å². The van der Waals surface area contributed by atoms with Crippen LogP contribution in [0.3, 0.4) is 0 Å². The quantitative estimate of drug-likeness (QED) is 0.542. The van der Waals surface area contributed by atoms with Crippen molar-refractivity contribution < 1.29 is 13.2 Å². The van der Waals surface area contributed by atoms with Gasteiger partial charge in [0.25, 0.3) is 5.91 Å². The van der Waals surface area contributed by atoms with Gasteiger partial charge in [-0.15, -0.1) is 0 Å². The summed E-state index contributed by atoms with van der Waals surface area (Å²) in [5.74, 6) is -0.279. The molecule has 28 heavy (non-hydrogen) atoms. The minimum absolute atomic E-state index is 0.139. The van der Waals surface area contributed by atoms with Crippen molar-refractivity contribution in [3.05, 3.63) is 83.4 Å². The van der Waals surface area contributed by atoms with Crippen molar-refractivity contribution in [2.75, 3.05) is 11.9 Å². The van der Waals surface area contributed by atoms with Crippen molar-refractivity contribution in [3.63, 3.8) is 0 Å². The van der Waals surface area contributed by atoms with Gasteiger partial charge in [0.1, 0.15) is 0 Å². The lowest BCUT2D eigenvalue weighted by atomic mass is 10.1. The van der Waals surface area contributed by atoms with Gasteiger partial charge in [-0.25, -0.2) is 13.1 Å². The van der Waals surface area contributed by atoms with E-state index in [-0.39, 0.29) is 10.8 Å². The highest BCUT2D eigenvalue weighted by Crippen LogP contribution is 2.37. The second-order valence-electron chi connectivity index (χ2n) is 6.69. The monoisotopic (exact) mass is 392 g/mol. The number of carbonyl (C=O) groups is 1. The average Bonchev–Trinajstić information content (AvgIpc) is 3.06. The Morgan fingerprint density at radius 2 is 1.64 bits per heavy atom. The van der Waals surface area contributed by atoms with Crippen molar-refractivity contribution in [2.45, 2.75) is 18.2 Å². The number of sulfonamides is 1. The fraction of sp³-hybridized carbons (Fsp3) is 0.136. The number of benzene rings is 3. The highest BCUT2D eigenvalue weighted by atomic mass is 32.2. The molecule has 5 nitrogen and oxygen atoms in total. The molecule has 1 aliphatic rings. The number of rotatable bonds is 5. The lowest BCUT2D eigenvalue weighted by molar-refractivity contribution is 0.102. The molecule has 6 heteroatoms. The third kappa shape index (κ3) is 3.44. The molecule has 142 valence electrons. The van der Waals surface area contributed by atoms with Gasteiger partial charge in [-0.1, -0.05) is 37.3 Å². The van der Waals surface area contributed by atoms with Crippen molar-refractivity contribution in [3.8, 4) is 11.1 Å². The zero-order valence-electron chi connectivity index (χ0n) is 15.4. The number of hydrogen-bond donors (Lipinski definition) is 2. The van der Waals surface area contributed by atoms with Crippen molar-refractivity contribution in [1.29, 1.82) is 0 Å². The lowest BCUT2D eigenvalue weighted by Crippen LogP contribution is -2.23. The molecule has 0 unspecified atom stereocenters. The number of fused-ring (bicyclic) bond motifs is 3. The van der Waals surface area contributed by atoms with E-state index in [9.17, 15) is 13.2 Å². The summed E-state index contributed by atoms with van der Waals surface area (Å²) >= 11 is 0. The Kier molecular flexibility index (Phi) is 4.75. The standard InChI is InChI=1S/C22H20N2O3S/c1-2-23-28(26,27)19-11-8-15(9-12-19)22(25)24-18-10-7-17-13-16-5-3-4-6-20(16)21(17)14-18/h3-12,14,23H,2,13H2,1H3,(H,24,25). The minimum Gasteiger partial charge on any atom is -0.322 e. The van der Waals surface area contributed by atoms with Gasteiger partial charge in [0.05, 0.1) is 4.90 Å². The number of amides is 1. The molecular weight excluding hydrogens is 372 g/mol. The molecule has 3 aromatic carbocycles. The van der Waals surface area contributed by atoms with Crippen molar-refractivity contribution in [2.24, 2.45) is 0 Å². The molecule has 1 amide bonds. The van der Waals surface area contributed by atoms with E-state index < -0.39 is 10.0 Å². The number of carbonyl (C=O) groups excluding carboxylic acids is 1. The largest absolute Gasteiger partial charge is 0.322 e. The Bertz CT molecular complexity index is 1150. The van der Waals surface area contributed by atoms with E-state index in [0.29, 0.717) is 17.8 Å². The number of nitrogens with one attached hydrogen (secondary N) is 2. The van der Waals surface area contributed by atoms with Crippen LogP contribution in [0.4, 0.5) is 5.69 Å². The van der Waals surface area contributed by atoms with Gasteiger partial charge in [-0.05, 0) is 65.1 Å². The first kappa shape index (κ1) is 18.4. The first-order valence-electron chi connectivity index (χ1n) is 9.10. The molecule has 1 aliphatic carbocycles. The Morgan fingerprint density at radius 3 is 2.39 bits per heavy atom. The highest BCUT2D eigenvalue weighted by molar-refractivity contribution is 7.89. The van der Waals surface area contributed by atoms with Crippen LogP contribution in [-0.4, -0.2) is 20.9 Å². The molecule has 4 rings (SSSR count). The molecule has 0 spiro atoms. The predicted octanol–water partition coefficient (Wildman–Crippen LogP) is 3.81. The molecule has 0 bridgehead atoms. The van der Waals surface area contributed by atoms with Crippen LogP contribution < -0.4 is 10.0 Å². The third-order valence-corrected chi connectivity index (χ3v) is 6.38. The van der Waals surface area contributed by atoms with Crippen LogP contribution in [0.1, 0.15) is 28.4 Å². The van der Waals surface area contributed by atoms with Crippen LogP contribution in [0, 0.1) is 0 Å². The molecule has 0 saturated carbocycles. The smallest absolute Gasteiger partial charge is 0.255 e.